The van der Waals surface area contributed by atoms with E-state index >= 15 is 0 Å². The minimum absolute atomic E-state index is 0.178. The first-order chi connectivity index (χ1) is 9.75. The molecule has 1 fully saturated rings. The third-order valence-electron chi connectivity index (χ3n) is 3.35. The number of nitrogens with one attached hydrogen (secondary N) is 1. The Labute approximate surface area is 120 Å². The summed E-state index contributed by atoms with van der Waals surface area (Å²) >= 11 is 1.51. The lowest BCUT2D eigenvalue weighted by molar-refractivity contribution is -0.117. The number of halogens is 1. The van der Waals surface area contributed by atoms with E-state index in [-0.39, 0.29) is 17.6 Å². The van der Waals surface area contributed by atoms with Gasteiger partial charge in [0.15, 0.2) is 5.13 Å². The van der Waals surface area contributed by atoms with E-state index in [2.05, 4.69) is 10.3 Å². The zero-order valence-electron chi connectivity index (χ0n) is 10.8. The molecule has 0 saturated carbocycles. The van der Waals surface area contributed by atoms with Crippen molar-refractivity contribution >= 4 is 28.1 Å². The highest BCUT2D eigenvalue weighted by atomic mass is 32.1. The van der Waals surface area contributed by atoms with Gasteiger partial charge in [-0.15, -0.1) is 11.3 Å². The highest BCUT2D eigenvalue weighted by Crippen LogP contribution is 2.28. The van der Waals surface area contributed by atoms with Crippen LogP contribution in [0.25, 0.3) is 0 Å². The fourth-order valence-corrected chi connectivity index (χ4v) is 3.12. The van der Waals surface area contributed by atoms with Gasteiger partial charge in [-0.2, -0.15) is 0 Å². The monoisotopic (exact) mass is 291 g/mol. The zero-order chi connectivity index (χ0) is 13.9. The van der Waals surface area contributed by atoms with Gasteiger partial charge in [-0.25, -0.2) is 9.37 Å². The number of carbonyl (C=O) groups excluding carboxylic acids is 1. The molecule has 1 aromatic carbocycles. The molecule has 3 rings (SSSR count). The van der Waals surface area contributed by atoms with E-state index in [1.165, 1.54) is 17.4 Å². The Balaban J connectivity index is 1.75. The van der Waals surface area contributed by atoms with Crippen molar-refractivity contribution in [3.05, 3.63) is 41.7 Å². The van der Waals surface area contributed by atoms with Crippen LogP contribution in [0.1, 0.15) is 12.8 Å². The summed E-state index contributed by atoms with van der Waals surface area (Å²) in [5, 5.41) is 5.40. The lowest BCUT2D eigenvalue weighted by Crippen LogP contribution is -2.39. The van der Waals surface area contributed by atoms with Crippen LogP contribution in [0.2, 0.25) is 0 Å². The first kappa shape index (κ1) is 13.1. The molecule has 2 aromatic rings. The van der Waals surface area contributed by atoms with Crippen molar-refractivity contribution in [2.75, 3.05) is 16.8 Å². The van der Waals surface area contributed by atoms with Crippen molar-refractivity contribution in [1.29, 1.82) is 0 Å². The summed E-state index contributed by atoms with van der Waals surface area (Å²) in [6.45, 7) is 0.808. The van der Waals surface area contributed by atoms with Gasteiger partial charge in [-0.1, -0.05) is 12.1 Å². The van der Waals surface area contributed by atoms with Gasteiger partial charge in [-0.05, 0) is 25.0 Å². The van der Waals surface area contributed by atoms with E-state index in [1.54, 1.807) is 24.4 Å². The van der Waals surface area contributed by atoms with E-state index in [1.807, 2.05) is 10.3 Å². The topological polar surface area (TPSA) is 45.2 Å². The number of benzene rings is 1. The second kappa shape index (κ2) is 5.58. The molecule has 1 amide bonds. The second-order valence-corrected chi connectivity index (χ2v) is 5.51. The average molecular weight is 291 g/mol. The normalized spacial score (nSPS) is 18.2. The number of amides is 1. The molecule has 1 atom stereocenters. The molecule has 0 radical (unpaired) electrons. The number of rotatable bonds is 3. The summed E-state index contributed by atoms with van der Waals surface area (Å²) in [6.07, 6.45) is 3.43. The summed E-state index contributed by atoms with van der Waals surface area (Å²) in [4.78, 5) is 18.6. The van der Waals surface area contributed by atoms with Crippen LogP contribution >= 0.6 is 11.3 Å². The van der Waals surface area contributed by atoms with Crippen LogP contribution in [-0.4, -0.2) is 23.5 Å². The van der Waals surface area contributed by atoms with E-state index < -0.39 is 5.82 Å². The lowest BCUT2D eigenvalue weighted by atomic mass is 10.2. The molecule has 0 aliphatic carbocycles. The summed E-state index contributed by atoms with van der Waals surface area (Å²) in [5.74, 6) is -0.595. The quantitative estimate of drug-likeness (QED) is 0.945. The zero-order valence-corrected chi connectivity index (χ0v) is 11.6. The van der Waals surface area contributed by atoms with Gasteiger partial charge in [0, 0.05) is 18.1 Å². The molecule has 0 spiro atoms. The van der Waals surface area contributed by atoms with Gasteiger partial charge >= 0.3 is 0 Å². The summed E-state index contributed by atoms with van der Waals surface area (Å²) < 4.78 is 13.6. The minimum atomic E-state index is -0.417. The Morgan fingerprint density at radius 1 is 1.45 bits per heavy atom. The van der Waals surface area contributed by atoms with Gasteiger partial charge in [0.25, 0.3) is 0 Å². The molecule has 20 heavy (non-hydrogen) atoms. The minimum Gasteiger partial charge on any atom is -0.336 e. The maximum atomic E-state index is 13.6. The van der Waals surface area contributed by atoms with E-state index in [9.17, 15) is 9.18 Å². The van der Waals surface area contributed by atoms with Crippen LogP contribution in [0.3, 0.4) is 0 Å². The lowest BCUT2D eigenvalue weighted by Gasteiger charge is -2.23. The smallest absolute Gasteiger partial charge is 0.247 e. The van der Waals surface area contributed by atoms with Crippen molar-refractivity contribution in [3.63, 3.8) is 0 Å². The molecule has 2 heterocycles. The number of carbonyl (C=O) groups is 1. The highest BCUT2D eigenvalue weighted by molar-refractivity contribution is 7.13. The SMILES string of the molecule is O=C(Nc1ccccc1F)[C@H]1CCCN1c1nccs1. The van der Waals surface area contributed by atoms with Crippen LogP contribution in [0.4, 0.5) is 15.2 Å². The summed E-state index contributed by atoms with van der Waals surface area (Å²) in [7, 11) is 0. The molecule has 0 bridgehead atoms. The molecule has 6 heteroatoms. The molecule has 104 valence electrons. The first-order valence-corrected chi connectivity index (χ1v) is 7.35. The number of hydrogen-bond donors (Lipinski definition) is 1. The fourth-order valence-electron chi connectivity index (χ4n) is 2.40. The molecule has 1 aliphatic rings. The third-order valence-corrected chi connectivity index (χ3v) is 4.16. The van der Waals surface area contributed by atoms with Gasteiger partial charge in [-0.3, -0.25) is 4.79 Å². The van der Waals surface area contributed by atoms with Crippen LogP contribution in [0.5, 0.6) is 0 Å². The number of para-hydroxylation sites is 1. The fraction of sp³-hybridized carbons (Fsp3) is 0.286. The molecule has 0 unspecified atom stereocenters. The van der Waals surface area contributed by atoms with Crippen molar-refractivity contribution < 1.29 is 9.18 Å². The van der Waals surface area contributed by atoms with Crippen molar-refractivity contribution in [3.8, 4) is 0 Å². The van der Waals surface area contributed by atoms with Gasteiger partial charge in [0.1, 0.15) is 11.9 Å². The molecule has 4 nitrogen and oxygen atoms in total. The second-order valence-electron chi connectivity index (χ2n) is 4.64. The molecule has 1 aromatic heterocycles. The van der Waals surface area contributed by atoms with Crippen LogP contribution in [0.15, 0.2) is 35.8 Å². The number of aromatic nitrogens is 1. The standard InChI is InChI=1S/C14H14FN3OS/c15-10-4-1-2-5-11(10)17-13(19)12-6-3-8-18(12)14-16-7-9-20-14/h1-2,4-5,7,9,12H,3,6,8H2,(H,17,19)/t12-/m1/s1. The molecule has 1 aliphatic heterocycles. The van der Waals surface area contributed by atoms with Crippen molar-refractivity contribution in [2.45, 2.75) is 18.9 Å². The van der Waals surface area contributed by atoms with Gasteiger partial charge in [0.2, 0.25) is 5.91 Å². The number of thiazole rings is 1. The predicted molar refractivity (Wildman–Crippen MR) is 77.5 cm³/mol. The van der Waals surface area contributed by atoms with Crippen molar-refractivity contribution in [1.82, 2.24) is 4.98 Å². The number of nitrogens with zero attached hydrogens (tertiary/aromatic N) is 2. The van der Waals surface area contributed by atoms with Crippen molar-refractivity contribution in [2.24, 2.45) is 0 Å². The average Bonchev–Trinajstić information content (AvgIpc) is 3.11. The Morgan fingerprint density at radius 3 is 3.05 bits per heavy atom. The van der Waals surface area contributed by atoms with Gasteiger partial charge in [0.05, 0.1) is 5.69 Å². The molecular formula is C14H14FN3OS. The van der Waals surface area contributed by atoms with E-state index in [4.69, 9.17) is 0 Å². The summed E-state index contributed by atoms with van der Waals surface area (Å²) in [6, 6.07) is 5.92. The Bertz CT molecular complexity index is 602. The molecule has 1 saturated heterocycles. The van der Waals surface area contributed by atoms with Crippen LogP contribution in [0, 0.1) is 5.82 Å². The summed E-state index contributed by atoms with van der Waals surface area (Å²) in [5.41, 5.74) is 0.225. The van der Waals surface area contributed by atoms with E-state index in [0.717, 1.165) is 24.5 Å². The first-order valence-electron chi connectivity index (χ1n) is 6.47. The highest BCUT2D eigenvalue weighted by Gasteiger charge is 2.32. The Morgan fingerprint density at radius 2 is 2.30 bits per heavy atom. The van der Waals surface area contributed by atoms with E-state index in [0.29, 0.717) is 0 Å². The maximum absolute atomic E-state index is 13.6. The number of hydrogen-bond acceptors (Lipinski definition) is 4. The largest absolute Gasteiger partial charge is 0.336 e. The molecule has 1 N–H and O–H groups in total. The van der Waals surface area contributed by atoms with Gasteiger partial charge < -0.3 is 10.2 Å². The molecular weight excluding hydrogens is 277 g/mol. The number of anilines is 2. The van der Waals surface area contributed by atoms with Crippen LogP contribution < -0.4 is 10.2 Å². The van der Waals surface area contributed by atoms with Crippen LogP contribution in [-0.2, 0) is 4.79 Å². The Hall–Kier alpha value is -1.95. The Kier molecular flexibility index (Phi) is 3.64. The maximum Gasteiger partial charge on any atom is 0.247 e. The predicted octanol–water partition coefficient (Wildman–Crippen LogP) is 2.89. The third kappa shape index (κ3) is 2.51.